The maximum atomic E-state index is 12.8. The van der Waals surface area contributed by atoms with Crippen molar-refractivity contribution in [2.24, 2.45) is 0 Å². The third-order valence-electron chi connectivity index (χ3n) is 6.78. The Bertz CT molecular complexity index is 1100. The molecule has 2 aliphatic rings. The number of rotatable bonds is 7. The van der Waals surface area contributed by atoms with Gasteiger partial charge in [0.1, 0.15) is 0 Å². The summed E-state index contributed by atoms with van der Waals surface area (Å²) in [5.41, 5.74) is 2.74. The van der Waals surface area contributed by atoms with Crippen LogP contribution < -0.4 is 4.90 Å². The molecule has 182 valence electrons. The average molecular weight is 484 g/mol. The maximum Gasteiger partial charge on any atom is 0.243 e. The van der Waals surface area contributed by atoms with Gasteiger partial charge in [-0.3, -0.25) is 9.59 Å². The fraction of sp³-hybridized carbons (Fsp3) is 0.462. The van der Waals surface area contributed by atoms with Crippen molar-refractivity contribution in [2.75, 3.05) is 44.2 Å². The van der Waals surface area contributed by atoms with Gasteiger partial charge in [0.25, 0.3) is 0 Å². The van der Waals surface area contributed by atoms with Crippen LogP contribution in [0, 0.1) is 0 Å². The maximum absolute atomic E-state index is 12.8. The number of benzene rings is 2. The highest BCUT2D eigenvalue weighted by Crippen LogP contribution is 2.22. The number of Topliss-reactive ketones (excluding diaryl/α,β-unsaturated/α-hetero) is 1. The molecule has 0 atom stereocenters. The number of amides is 1. The van der Waals surface area contributed by atoms with Gasteiger partial charge in [-0.25, -0.2) is 8.42 Å². The standard InChI is InChI=1S/C26H33N3O4S/c1-21(30)23-8-10-24(11-9-23)27-17-19-28(20-18-27)26(31)14-7-22-5-12-25(13-6-22)34(32,33)29-15-3-2-4-16-29/h5-6,8-13H,2-4,7,14-20H2,1H3. The molecule has 0 aliphatic carbocycles. The van der Waals surface area contributed by atoms with Crippen LogP contribution in [0.25, 0.3) is 0 Å². The van der Waals surface area contributed by atoms with Crippen molar-refractivity contribution in [3.63, 3.8) is 0 Å². The molecule has 2 heterocycles. The van der Waals surface area contributed by atoms with Gasteiger partial charge >= 0.3 is 0 Å². The predicted octanol–water partition coefficient (Wildman–Crippen LogP) is 3.35. The molecule has 8 heteroatoms. The van der Waals surface area contributed by atoms with Crippen LogP contribution in [-0.4, -0.2) is 68.6 Å². The number of aryl methyl sites for hydroxylation is 1. The second-order valence-corrected chi connectivity index (χ2v) is 11.0. The number of carbonyl (C=O) groups excluding carboxylic acids is 2. The van der Waals surface area contributed by atoms with Gasteiger partial charge in [0.15, 0.2) is 5.78 Å². The summed E-state index contributed by atoms with van der Waals surface area (Å²) >= 11 is 0. The number of ketones is 1. The van der Waals surface area contributed by atoms with Crippen molar-refractivity contribution >= 4 is 27.4 Å². The summed E-state index contributed by atoms with van der Waals surface area (Å²) in [6, 6.07) is 14.6. The van der Waals surface area contributed by atoms with E-state index in [4.69, 9.17) is 0 Å². The number of anilines is 1. The molecule has 0 N–H and O–H groups in total. The van der Waals surface area contributed by atoms with Crippen LogP contribution >= 0.6 is 0 Å². The number of sulfonamides is 1. The molecule has 0 saturated carbocycles. The monoisotopic (exact) mass is 483 g/mol. The molecule has 0 spiro atoms. The first-order valence-corrected chi connectivity index (χ1v) is 13.5. The second kappa shape index (κ2) is 10.7. The third kappa shape index (κ3) is 5.67. The van der Waals surface area contributed by atoms with Gasteiger partial charge in [-0.2, -0.15) is 4.31 Å². The van der Waals surface area contributed by atoms with Crippen LogP contribution in [0.15, 0.2) is 53.4 Å². The van der Waals surface area contributed by atoms with Crippen molar-refractivity contribution in [3.8, 4) is 0 Å². The summed E-state index contributed by atoms with van der Waals surface area (Å²) in [7, 11) is -3.43. The number of piperidine rings is 1. The van der Waals surface area contributed by atoms with Crippen LogP contribution in [-0.2, 0) is 21.2 Å². The molecule has 0 aromatic heterocycles. The van der Waals surface area contributed by atoms with E-state index in [1.807, 2.05) is 41.3 Å². The van der Waals surface area contributed by atoms with Crippen molar-refractivity contribution in [3.05, 3.63) is 59.7 Å². The predicted molar refractivity (Wildman–Crippen MR) is 133 cm³/mol. The Morgan fingerprint density at radius 1 is 0.794 bits per heavy atom. The van der Waals surface area contributed by atoms with Crippen molar-refractivity contribution in [2.45, 2.75) is 43.9 Å². The Hall–Kier alpha value is -2.71. The van der Waals surface area contributed by atoms with Crippen LogP contribution in [0.1, 0.15) is 48.5 Å². The van der Waals surface area contributed by atoms with Gasteiger partial charge in [-0.15, -0.1) is 0 Å². The van der Waals surface area contributed by atoms with Crippen LogP contribution in [0.4, 0.5) is 5.69 Å². The molecule has 2 aromatic carbocycles. The van der Waals surface area contributed by atoms with Crippen LogP contribution in [0.2, 0.25) is 0 Å². The smallest absolute Gasteiger partial charge is 0.243 e. The number of carbonyl (C=O) groups is 2. The normalized spacial score (nSPS) is 17.6. The molecule has 0 unspecified atom stereocenters. The molecular formula is C26H33N3O4S. The molecule has 0 radical (unpaired) electrons. The molecule has 1 amide bonds. The molecule has 2 aliphatic heterocycles. The zero-order valence-corrected chi connectivity index (χ0v) is 20.6. The first-order chi connectivity index (χ1) is 16.3. The fourth-order valence-corrected chi connectivity index (χ4v) is 6.13. The SMILES string of the molecule is CC(=O)c1ccc(N2CCN(C(=O)CCc3ccc(S(=O)(=O)N4CCCCC4)cc3)CC2)cc1. The molecule has 2 fully saturated rings. The summed E-state index contributed by atoms with van der Waals surface area (Å²) in [4.78, 5) is 28.6. The van der Waals surface area contributed by atoms with Crippen LogP contribution in [0.3, 0.4) is 0 Å². The van der Waals surface area contributed by atoms with E-state index in [0.717, 1.165) is 43.6 Å². The van der Waals surface area contributed by atoms with Gasteiger partial charge in [-0.05, 0) is 68.1 Å². The van der Waals surface area contributed by atoms with E-state index < -0.39 is 10.0 Å². The Morgan fingerprint density at radius 2 is 1.41 bits per heavy atom. The zero-order chi connectivity index (χ0) is 24.1. The Morgan fingerprint density at radius 3 is 2.00 bits per heavy atom. The van der Waals surface area contributed by atoms with E-state index in [1.165, 1.54) is 0 Å². The lowest BCUT2D eigenvalue weighted by Gasteiger charge is -2.36. The average Bonchev–Trinajstić information content (AvgIpc) is 2.88. The fourth-order valence-electron chi connectivity index (χ4n) is 4.61. The lowest BCUT2D eigenvalue weighted by molar-refractivity contribution is -0.131. The second-order valence-electron chi connectivity index (χ2n) is 9.08. The van der Waals surface area contributed by atoms with E-state index in [2.05, 4.69) is 4.90 Å². The minimum Gasteiger partial charge on any atom is -0.368 e. The molecular weight excluding hydrogens is 450 g/mol. The van der Waals surface area contributed by atoms with Gasteiger partial charge < -0.3 is 9.80 Å². The Labute approximate surface area is 202 Å². The first kappa shape index (κ1) is 24.4. The van der Waals surface area contributed by atoms with Gasteiger partial charge in [0, 0.05) is 56.9 Å². The van der Waals surface area contributed by atoms with Crippen molar-refractivity contribution in [1.29, 1.82) is 0 Å². The van der Waals surface area contributed by atoms with E-state index in [1.54, 1.807) is 23.4 Å². The molecule has 34 heavy (non-hydrogen) atoms. The topological polar surface area (TPSA) is 78.0 Å². The summed E-state index contributed by atoms with van der Waals surface area (Å²) < 4.78 is 27.2. The van der Waals surface area contributed by atoms with Crippen molar-refractivity contribution < 1.29 is 18.0 Å². The van der Waals surface area contributed by atoms with E-state index in [9.17, 15) is 18.0 Å². The summed E-state index contributed by atoms with van der Waals surface area (Å²) in [6.07, 6.45) is 3.92. The van der Waals surface area contributed by atoms with E-state index in [-0.39, 0.29) is 11.7 Å². The lowest BCUT2D eigenvalue weighted by atomic mass is 10.1. The summed E-state index contributed by atoms with van der Waals surface area (Å²) in [5.74, 6) is 0.178. The highest BCUT2D eigenvalue weighted by atomic mass is 32.2. The number of hydrogen-bond donors (Lipinski definition) is 0. The highest BCUT2D eigenvalue weighted by molar-refractivity contribution is 7.89. The third-order valence-corrected chi connectivity index (χ3v) is 8.69. The largest absolute Gasteiger partial charge is 0.368 e. The zero-order valence-electron chi connectivity index (χ0n) is 19.8. The Balaban J connectivity index is 1.26. The minimum absolute atomic E-state index is 0.0558. The van der Waals surface area contributed by atoms with Crippen molar-refractivity contribution in [1.82, 2.24) is 9.21 Å². The first-order valence-electron chi connectivity index (χ1n) is 12.1. The quantitative estimate of drug-likeness (QED) is 0.565. The molecule has 4 rings (SSSR count). The van der Waals surface area contributed by atoms with Crippen LogP contribution in [0.5, 0.6) is 0 Å². The molecule has 0 bridgehead atoms. The summed E-state index contributed by atoms with van der Waals surface area (Å²) in [6.45, 7) is 5.60. The highest BCUT2D eigenvalue weighted by Gasteiger charge is 2.26. The number of nitrogens with zero attached hydrogens (tertiary/aromatic N) is 3. The molecule has 2 saturated heterocycles. The number of piperazine rings is 1. The summed E-state index contributed by atoms with van der Waals surface area (Å²) in [5, 5.41) is 0. The minimum atomic E-state index is -3.43. The van der Waals surface area contributed by atoms with Gasteiger partial charge in [-0.1, -0.05) is 18.6 Å². The molecule has 7 nitrogen and oxygen atoms in total. The van der Waals surface area contributed by atoms with E-state index in [0.29, 0.717) is 49.5 Å². The lowest BCUT2D eigenvalue weighted by Crippen LogP contribution is -2.48. The molecule has 2 aromatic rings. The van der Waals surface area contributed by atoms with E-state index >= 15 is 0 Å². The Kier molecular flexibility index (Phi) is 7.68. The van der Waals surface area contributed by atoms with Gasteiger partial charge in [0.2, 0.25) is 15.9 Å². The number of hydrogen-bond acceptors (Lipinski definition) is 5. The van der Waals surface area contributed by atoms with Gasteiger partial charge in [0.05, 0.1) is 4.90 Å².